The fourth-order valence-electron chi connectivity index (χ4n) is 3.64. The van der Waals surface area contributed by atoms with E-state index in [-0.39, 0.29) is 39.3 Å². The Balaban J connectivity index is 1.67. The van der Waals surface area contributed by atoms with E-state index in [0.717, 1.165) is 12.1 Å². The molecular weight excluding hydrogens is 463 g/mol. The Hall–Kier alpha value is -1.64. The van der Waals surface area contributed by atoms with Gasteiger partial charge < -0.3 is 9.64 Å². The number of ether oxygens (including phenoxy) is 1. The van der Waals surface area contributed by atoms with Crippen LogP contribution in [0.3, 0.4) is 0 Å². The van der Waals surface area contributed by atoms with Crippen molar-refractivity contribution in [1.82, 2.24) is 18.2 Å². The Morgan fingerprint density at radius 1 is 0.969 bits per heavy atom. The normalized spacial score (nSPS) is 20.4. The molecule has 0 saturated carbocycles. The molecule has 180 valence electrons. The molecule has 10 nitrogen and oxygen atoms in total. The van der Waals surface area contributed by atoms with E-state index in [4.69, 9.17) is 4.74 Å². The summed E-state index contributed by atoms with van der Waals surface area (Å²) in [6, 6.07) is 3.84. The number of halogens is 1. The molecule has 0 unspecified atom stereocenters. The lowest BCUT2D eigenvalue weighted by Crippen LogP contribution is -2.59. The van der Waals surface area contributed by atoms with E-state index >= 15 is 0 Å². The fourth-order valence-corrected chi connectivity index (χ4v) is 6.62. The first-order valence-electron chi connectivity index (χ1n) is 10.4. The van der Waals surface area contributed by atoms with Crippen molar-refractivity contribution in [2.24, 2.45) is 5.92 Å². The average Bonchev–Trinajstić information content (AvgIpc) is 2.78. The second-order valence-corrected chi connectivity index (χ2v) is 11.6. The minimum Gasteiger partial charge on any atom is -0.379 e. The highest BCUT2D eigenvalue weighted by atomic mass is 32.2. The van der Waals surface area contributed by atoms with Crippen molar-refractivity contribution >= 4 is 26.1 Å². The predicted octanol–water partition coefficient (Wildman–Crippen LogP) is -0.150. The highest BCUT2D eigenvalue weighted by molar-refractivity contribution is 7.89. The Morgan fingerprint density at radius 2 is 1.53 bits per heavy atom. The van der Waals surface area contributed by atoms with Crippen LogP contribution in [0.4, 0.5) is 4.39 Å². The molecule has 2 aliphatic heterocycles. The van der Waals surface area contributed by atoms with Crippen LogP contribution in [0.25, 0.3) is 0 Å². The zero-order chi connectivity index (χ0) is 23.5. The van der Waals surface area contributed by atoms with E-state index in [1.807, 2.05) is 0 Å². The van der Waals surface area contributed by atoms with Crippen molar-refractivity contribution in [3.05, 3.63) is 30.1 Å². The molecule has 2 aliphatic rings. The monoisotopic (exact) mass is 492 g/mol. The van der Waals surface area contributed by atoms with Crippen LogP contribution in [-0.4, -0.2) is 94.8 Å². The molecule has 1 N–H and O–H groups in total. The third-order valence-electron chi connectivity index (χ3n) is 5.51. The number of rotatable bonds is 7. The summed E-state index contributed by atoms with van der Waals surface area (Å²) in [5.41, 5.74) is 0. The number of hydrogen-bond acceptors (Lipinski definition) is 6. The van der Waals surface area contributed by atoms with Gasteiger partial charge in [-0.05, 0) is 18.1 Å². The van der Waals surface area contributed by atoms with Crippen molar-refractivity contribution in [1.29, 1.82) is 0 Å². The molecule has 0 aliphatic carbocycles. The van der Waals surface area contributed by atoms with Crippen LogP contribution in [0.15, 0.2) is 29.2 Å². The van der Waals surface area contributed by atoms with Crippen LogP contribution in [0, 0.1) is 11.7 Å². The summed E-state index contributed by atoms with van der Waals surface area (Å²) in [5.74, 6) is -1.78. The lowest BCUT2D eigenvalue weighted by Gasteiger charge is -2.39. The van der Waals surface area contributed by atoms with Gasteiger partial charge in [-0.1, -0.05) is 26.0 Å². The van der Waals surface area contributed by atoms with E-state index in [0.29, 0.717) is 13.2 Å². The van der Waals surface area contributed by atoms with Crippen LogP contribution in [0.5, 0.6) is 0 Å². The first-order chi connectivity index (χ1) is 15.0. The van der Waals surface area contributed by atoms with E-state index in [1.165, 1.54) is 25.6 Å². The summed E-state index contributed by atoms with van der Waals surface area (Å²) in [4.78, 5) is 14.0. The first kappa shape index (κ1) is 25.0. The van der Waals surface area contributed by atoms with Gasteiger partial charge in [-0.15, -0.1) is 0 Å². The number of morpholine rings is 1. The summed E-state index contributed by atoms with van der Waals surface area (Å²) in [6.45, 7) is 5.11. The SMILES string of the molecule is CC(C)[C@H](NS(=O)(=O)c1ccccc1F)C(=O)N1CCN(S(=O)(=O)N2CCOCC2)CC1. The van der Waals surface area contributed by atoms with Gasteiger partial charge in [-0.2, -0.15) is 21.8 Å². The maximum absolute atomic E-state index is 14.0. The number of piperazine rings is 1. The van der Waals surface area contributed by atoms with Gasteiger partial charge in [-0.25, -0.2) is 12.8 Å². The van der Waals surface area contributed by atoms with E-state index in [1.54, 1.807) is 13.8 Å². The molecule has 1 aromatic carbocycles. The molecular formula is C19H29FN4O6S2. The Labute approximate surface area is 188 Å². The number of amides is 1. The Bertz CT molecular complexity index is 1020. The summed E-state index contributed by atoms with van der Waals surface area (Å²) in [7, 11) is -7.91. The molecule has 2 fully saturated rings. The lowest BCUT2D eigenvalue weighted by molar-refractivity contribution is -0.135. The summed E-state index contributed by atoms with van der Waals surface area (Å²) in [5, 5.41) is 0. The van der Waals surface area contributed by atoms with Gasteiger partial charge in [0.05, 0.1) is 13.2 Å². The molecule has 32 heavy (non-hydrogen) atoms. The number of benzene rings is 1. The molecule has 1 amide bonds. The first-order valence-corrected chi connectivity index (χ1v) is 13.3. The maximum Gasteiger partial charge on any atom is 0.282 e. The largest absolute Gasteiger partial charge is 0.379 e. The number of nitrogens with zero attached hydrogens (tertiary/aromatic N) is 3. The third kappa shape index (κ3) is 5.46. The van der Waals surface area contributed by atoms with Crippen LogP contribution in [-0.2, 0) is 29.8 Å². The van der Waals surface area contributed by atoms with E-state index in [9.17, 15) is 26.0 Å². The van der Waals surface area contributed by atoms with E-state index < -0.39 is 48.8 Å². The van der Waals surface area contributed by atoms with Crippen LogP contribution < -0.4 is 4.72 Å². The number of carbonyl (C=O) groups excluding carboxylic acids is 1. The Kier molecular flexibility index (Phi) is 7.89. The van der Waals surface area contributed by atoms with Crippen molar-refractivity contribution in [3.63, 3.8) is 0 Å². The van der Waals surface area contributed by atoms with Gasteiger partial charge in [0.2, 0.25) is 15.9 Å². The second-order valence-electron chi connectivity index (χ2n) is 8.02. The van der Waals surface area contributed by atoms with Crippen LogP contribution in [0.2, 0.25) is 0 Å². The topological polar surface area (TPSA) is 116 Å². The minimum atomic E-state index is -4.26. The lowest BCUT2D eigenvalue weighted by atomic mass is 10.0. The minimum absolute atomic E-state index is 0.107. The summed E-state index contributed by atoms with van der Waals surface area (Å²) >= 11 is 0. The highest BCUT2D eigenvalue weighted by Crippen LogP contribution is 2.19. The highest BCUT2D eigenvalue weighted by Gasteiger charge is 2.37. The van der Waals surface area contributed by atoms with Crippen molar-refractivity contribution in [3.8, 4) is 0 Å². The average molecular weight is 493 g/mol. The molecule has 2 heterocycles. The second kappa shape index (κ2) is 10.1. The Morgan fingerprint density at radius 3 is 2.09 bits per heavy atom. The number of carbonyl (C=O) groups is 1. The van der Waals surface area contributed by atoms with Crippen molar-refractivity contribution in [2.75, 3.05) is 52.5 Å². The summed E-state index contributed by atoms with van der Waals surface area (Å²) in [6.07, 6.45) is 0. The van der Waals surface area contributed by atoms with Gasteiger partial charge in [0.1, 0.15) is 16.8 Å². The van der Waals surface area contributed by atoms with Gasteiger partial charge in [0.25, 0.3) is 10.2 Å². The quantitative estimate of drug-likeness (QED) is 0.566. The van der Waals surface area contributed by atoms with E-state index in [2.05, 4.69) is 4.72 Å². The molecule has 0 bridgehead atoms. The molecule has 1 atom stereocenters. The van der Waals surface area contributed by atoms with Crippen molar-refractivity contribution < 1.29 is 30.8 Å². The van der Waals surface area contributed by atoms with Crippen molar-refractivity contribution in [2.45, 2.75) is 24.8 Å². The molecule has 0 spiro atoms. The van der Waals surface area contributed by atoms with Crippen LogP contribution in [0.1, 0.15) is 13.8 Å². The van der Waals surface area contributed by atoms with Crippen LogP contribution >= 0.6 is 0 Å². The van der Waals surface area contributed by atoms with Gasteiger partial charge in [0.15, 0.2) is 0 Å². The molecule has 3 rings (SSSR count). The number of nitrogens with one attached hydrogen (secondary N) is 1. The molecule has 0 radical (unpaired) electrons. The zero-order valence-corrected chi connectivity index (χ0v) is 19.7. The number of sulfonamides is 1. The van der Waals surface area contributed by atoms with Gasteiger partial charge in [0, 0.05) is 39.3 Å². The molecule has 2 saturated heterocycles. The molecule has 0 aromatic heterocycles. The fraction of sp³-hybridized carbons (Fsp3) is 0.632. The molecule has 13 heteroatoms. The summed E-state index contributed by atoms with van der Waals surface area (Å²) < 4.78 is 75.2. The molecule has 1 aromatic rings. The standard InChI is InChI=1S/C19H29FN4O6S2/c1-15(2)18(21-31(26,27)17-6-4-3-5-16(17)20)19(25)22-7-9-23(10-8-22)32(28,29)24-11-13-30-14-12-24/h3-6,15,18,21H,7-14H2,1-2H3/t18-/m0/s1. The number of hydrogen-bond donors (Lipinski definition) is 1. The smallest absolute Gasteiger partial charge is 0.282 e. The maximum atomic E-state index is 14.0. The van der Waals surface area contributed by atoms with Gasteiger partial charge >= 0.3 is 0 Å². The zero-order valence-electron chi connectivity index (χ0n) is 18.1. The third-order valence-corrected chi connectivity index (χ3v) is 9.02. The predicted molar refractivity (Wildman–Crippen MR) is 115 cm³/mol. The van der Waals surface area contributed by atoms with Gasteiger partial charge in [-0.3, -0.25) is 4.79 Å².